The average Bonchev–Trinajstić information content (AvgIpc) is 2.88. The molecule has 1 unspecified atom stereocenters. The fourth-order valence-corrected chi connectivity index (χ4v) is 6.64. The van der Waals surface area contributed by atoms with E-state index in [0.29, 0.717) is 12.6 Å². The summed E-state index contributed by atoms with van der Waals surface area (Å²) in [6.45, 7) is 4.51. The number of pyridine rings is 1. The Hall–Kier alpha value is -2.74. The molecule has 0 saturated carbocycles. The van der Waals surface area contributed by atoms with E-state index in [-0.39, 0.29) is 11.7 Å². The Morgan fingerprint density at radius 3 is 2.80 bits per heavy atom. The van der Waals surface area contributed by atoms with E-state index in [9.17, 15) is 4.79 Å². The van der Waals surface area contributed by atoms with Crippen LogP contribution >= 0.6 is 11.8 Å². The number of aromatic nitrogens is 1. The first-order valence-corrected chi connectivity index (χ1v) is 13.4. The van der Waals surface area contributed by atoms with Gasteiger partial charge < -0.3 is 24.8 Å². The van der Waals surface area contributed by atoms with Crippen LogP contribution in [0.1, 0.15) is 35.6 Å². The highest BCUT2D eigenvalue weighted by Crippen LogP contribution is 2.45. The lowest BCUT2D eigenvalue weighted by Gasteiger charge is -2.36. The summed E-state index contributed by atoms with van der Waals surface area (Å²) in [6.07, 6.45) is 5.04. The highest BCUT2D eigenvalue weighted by Gasteiger charge is 2.28. The molecule has 6 nitrogen and oxygen atoms in total. The minimum atomic E-state index is -0.0699. The van der Waals surface area contributed by atoms with E-state index >= 15 is 0 Å². The molecule has 0 spiro atoms. The molecular weight excluding hydrogens is 456 g/mol. The van der Waals surface area contributed by atoms with Crippen LogP contribution in [0, 0.1) is 0 Å². The molecule has 7 heteroatoms. The van der Waals surface area contributed by atoms with E-state index in [4.69, 9.17) is 4.74 Å². The van der Waals surface area contributed by atoms with Gasteiger partial charge in [0.25, 0.3) is 0 Å². The smallest absolute Gasteiger partial charge is 0.249 e. The van der Waals surface area contributed by atoms with Crippen LogP contribution in [0.15, 0.2) is 69.3 Å². The molecule has 0 aliphatic carbocycles. The largest absolute Gasteiger partial charge is 0.382 e. The summed E-state index contributed by atoms with van der Waals surface area (Å²) < 4.78 is 6.26. The summed E-state index contributed by atoms with van der Waals surface area (Å²) >= 11 is 1.87. The summed E-state index contributed by atoms with van der Waals surface area (Å²) in [4.78, 5) is 21.9. The molecule has 6 rings (SSSR count). The highest BCUT2D eigenvalue weighted by atomic mass is 32.2. The first-order chi connectivity index (χ1) is 17.1. The van der Waals surface area contributed by atoms with E-state index in [2.05, 4.69) is 63.5 Å². The molecular formula is C28H32N4O2S. The van der Waals surface area contributed by atoms with Gasteiger partial charge >= 0.3 is 0 Å². The Balaban J connectivity index is 1.20. The van der Waals surface area contributed by atoms with Crippen molar-refractivity contribution in [1.82, 2.24) is 9.88 Å². The summed E-state index contributed by atoms with van der Waals surface area (Å²) in [5.74, 6) is 0. The molecule has 3 aliphatic rings. The lowest BCUT2D eigenvalue weighted by Crippen LogP contribution is -2.39. The molecule has 3 aromatic rings. The third kappa shape index (κ3) is 4.85. The molecule has 1 aromatic heterocycles. The maximum atomic E-state index is 11.8. The van der Waals surface area contributed by atoms with Crippen LogP contribution in [0.5, 0.6) is 0 Å². The zero-order chi connectivity index (χ0) is 23.8. The molecule has 0 amide bonds. The second kappa shape index (κ2) is 9.72. The van der Waals surface area contributed by atoms with Crippen LogP contribution in [0.3, 0.4) is 0 Å². The quantitative estimate of drug-likeness (QED) is 0.441. The van der Waals surface area contributed by atoms with E-state index < -0.39 is 0 Å². The Labute approximate surface area is 210 Å². The number of aromatic amines is 1. The predicted octanol–water partition coefficient (Wildman–Crippen LogP) is 4.51. The van der Waals surface area contributed by atoms with Crippen molar-refractivity contribution in [3.8, 4) is 0 Å². The summed E-state index contributed by atoms with van der Waals surface area (Å²) in [5.41, 5.74) is 6.14. The van der Waals surface area contributed by atoms with Crippen molar-refractivity contribution >= 4 is 23.1 Å². The van der Waals surface area contributed by atoms with Gasteiger partial charge in [0, 0.05) is 52.6 Å². The molecule has 4 heterocycles. The van der Waals surface area contributed by atoms with E-state index in [1.54, 1.807) is 12.3 Å². The van der Waals surface area contributed by atoms with Gasteiger partial charge in [0.2, 0.25) is 5.56 Å². The van der Waals surface area contributed by atoms with Crippen molar-refractivity contribution in [1.29, 1.82) is 0 Å². The third-order valence-corrected chi connectivity index (χ3v) is 8.73. The monoisotopic (exact) mass is 488 g/mol. The van der Waals surface area contributed by atoms with Crippen molar-refractivity contribution < 1.29 is 4.74 Å². The number of rotatable bonds is 4. The van der Waals surface area contributed by atoms with E-state index in [1.807, 2.05) is 17.8 Å². The Bertz CT molecular complexity index is 1270. The van der Waals surface area contributed by atoms with Crippen LogP contribution in [0.4, 0.5) is 11.4 Å². The first kappa shape index (κ1) is 22.7. The fourth-order valence-electron chi connectivity index (χ4n) is 5.43. The maximum Gasteiger partial charge on any atom is 0.249 e. The van der Waals surface area contributed by atoms with Gasteiger partial charge in [-0.15, -0.1) is 0 Å². The lowest BCUT2D eigenvalue weighted by molar-refractivity contribution is 0.0380. The standard InChI is InChI=1S/C28H32N4O2S/c1-31-11-8-21(9-12-31)30-22-5-6-26-20(16-22)15-19-3-2-4-24(28(19)35-26)25-18-32(13-14-34-25)23-7-10-29-27(33)17-23/h2-7,10,16-17,21,25,30H,8-9,11-15,18H2,1H3,(H,29,33). The fraction of sp³-hybridized carbons (Fsp3) is 0.393. The minimum absolute atomic E-state index is 0.0163. The maximum absolute atomic E-state index is 11.8. The number of nitrogens with zero attached hydrogens (tertiary/aromatic N) is 2. The average molecular weight is 489 g/mol. The first-order valence-electron chi connectivity index (χ1n) is 12.6. The van der Waals surface area contributed by atoms with Crippen molar-refractivity contribution in [2.45, 2.75) is 41.2 Å². The molecule has 35 heavy (non-hydrogen) atoms. The predicted molar refractivity (Wildman–Crippen MR) is 142 cm³/mol. The number of benzene rings is 2. The summed E-state index contributed by atoms with van der Waals surface area (Å²) in [6, 6.07) is 17.7. The Morgan fingerprint density at radius 2 is 1.94 bits per heavy atom. The van der Waals surface area contributed by atoms with Crippen molar-refractivity contribution in [3.63, 3.8) is 0 Å². The van der Waals surface area contributed by atoms with Crippen LogP contribution < -0.4 is 15.8 Å². The molecule has 2 N–H and O–H groups in total. The number of morpholine rings is 1. The highest BCUT2D eigenvalue weighted by molar-refractivity contribution is 7.99. The van der Waals surface area contributed by atoms with E-state index in [1.165, 1.54) is 45.0 Å². The second-order valence-electron chi connectivity index (χ2n) is 9.88. The van der Waals surface area contributed by atoms with Gasteiger partial charge in [0.15, 0.2) is 0 Å². The lowest BCUT2D eigenvalue weighted by atomic mass is 9.98. The van der Waals surface area contributed by atoms with Crippen LogP contribution in [0.2, 0.25) is 0 Å². The topological polar surface area (TPSA) is 60.6 Å². The minimum Gasteiger partial charge on any atom is -0.382 e. The number of nitrogens with one attached hydrogen (secondary N) is 2. The number of fused-ring (bicyclic) bond motifs is 2. The molecule has 0 radical (unpaired) electrons. The van der Waals surface area contributed by atoms with Crippen molar-refractivity contribution in [2.24, 2.45) is 0 Å². The van der Waals surface area contributed by atoms with Crippen LogP contribution in [-0.2, 0) is 11.2 Å². The van der Waals surface area contributed by atoms with Gasteiger partial charge in [-0.25, -0.2) is 0 Å². The van der Waals surface area contributed by atoms with E-state index in [0.717, 1.165) is 38.3 Å². The van der Waals surface area contributed by atoms with Crippen LogP contribution in [0.25, 0.3) is 0 Å². The van der Waals surface area contributed by atoms with Gasteiger partial charge in [-0.1, -0.05) is 30.0 Å². The van der Waals surface area contributed by atoms with Crippen LogP contribution in [-0.4, -0.2) is 55.8 Å². The number of likely N-dealkylation sites (tertiary alicyclic amines) is 1. The number of H-pyrrole nitrogens is 1. The van der Waals surface area contributed by atoms with Crippen molar-refractivity contribution in [3.05, 3.63) is 81.8 Å². The number of ether oxygens (including phenoxy) is 1. The second-order valence-corrected chi connectivity index (χ2v) is 10.9. The molecule has 2 fully saturated rings. The van der Waals surface area contributed by atoms with Gasteiger partial charge in [0.1, 0.15) is 6.10 Å². The number of anilines is 2. The molecule has 0 bridgehead atoms. The van der Waals surface area contributed by atoms with Gasteiger partial charge in [0.05, 0.1) is 6.61 Å². The zero-order valence-corrected chi connectivity index (χ0v) is 20.9. The Kier molecular flexibility index (Phi) is 6.31. The Morgan fingerprint density at radius 1 is 1.06 bits per heavy atom. The van der Waals surface area contributed by atoms with Crippen molar-refractivity contribution in [2.75, 3.05) is 50.1 Å². The molecule has 2 saturated heterocycles. The number of hydrogen-bond donors (Lipinski definition) is 2. The van der Waals surface area contributed by atoms with Gasteiger partial charge in [-0.3, -0.25) is 4.79 Å². The zero-order valence-electron chi connectivity index (χ0n) is 20.1. The summed E-state index contributed by atoms with van der Waals surface area (Å²) in [5, 5.41) is 3.78. The third-order valence-electron chi connectivity index (χ3n) is 7.41. The van der Waals surface area contributed by atoms with Gasteiger partial charge in [-0.05, 0) is 80.4 Å². The van der Waals surface area contributed by atoms with Gasteiger partial charge in [-0.2, -0.15) is 0 Å². The number of hydrogen-bond acceptors (Lipinski definition) is 6. The SMILES string of the molecule is CN1CCC(Nc2ccc3c(c2)Cc2cccc(C4CN(c5cc[nH]c(=O)c5)CCO4)c2S3)CC1. The molecule has 3 aliphatic heterocycles. The molecule has 2 aromatic carbocycles. The molecule has 1 atom stereocenters. The normalized spacial score (nSPS) is 20.8. The summed E-state index contributed by atoms with van der Waals surface area (Å²) in [7, 11) is 2.21. The number of piperidine rings is 1. The molecule has 182 valence electrons.